The molecule has 14 heavy (non-hydrogen) atoms. The molecule has 1 saturated carbocycles. The SMILES string of the molecule is CCCC(N=N)C(C)C(=O)NC1CC1. The first-order chi connectivity index (χ1) is 6.69. The predicted octanol–water partition coefficient (Wildman–Crippen LogP) is 2.10. The Labute approximate surface area is 85.0 Å². The van der Waals surface area contributed by atoms with Gasteiger partial charge in [-0.1, -0.05) is 20.3 Å². The van der Waals surface area contributed by atoms with Crippen molar-refractivity contribution in [3.05, 3.63) is 0 Å². The smallest absolute Gasteiger partial charge is 0.225 e. The van der Waals surface area contributed by atoms with Crippen LogP contribution in [-0.4, -0.2) is 18.0 Å². The monoisotopic (exact) mass is 197 g/mol. The van der Waals surface area contributed by atoms with Crippen molar-refractivity contribution < 1.29 is 4.79 Å². The molecule has 0 radical (unpaired) electrons. The van der Waals surface area contributed by atoms with Crippen LogP contribution in [0.3, 0.4) is 0 Å². The molecule has 0 spiro atoms. The number of nitrogens with one attached hydrogen (secondary N) is 2. The maximum Gasteiger partial charge on any atom is 0.225 e. The Morgan fingerprint density at radius 2 is 2.29 bits per heavy atom. The Morgan fingerprint density at radius 3 is 2.71 bits per heavy atom. The zero-order valence-corrected chi connectivity index (χ0v) is 8.92. The van der Waals surface area contributed by atoms with Gasteiger partial charge in [-0.25, -0.2) is 5.53 Å². The van der Waals surface area contributed by atoms with Gasteiger partial charge < -0.3 is 5.32 Å². The molecule has 0 aromatic carbocycles. The normalized spacial score (nSPS) is 19.9. The number of amides is 1. The Hall–Kier alpha value is -0.930. The van der Waals surface area contributed by atoms with E-state index in [4.69, 9.17) is 5.53 Å². The summed E-state index contributed by atoms with van der Waals surface area (Å²) in [7, 11) is 0. The first-order valence-electron chi connectivity index (χ1n) is 5.36. The lowest BCUT2D eigenvalue weighted by Gasteiger charge is -2.17. The van der Waals surface area contributed by atoms with E-state index in [1.54, 1.807) is 0 Å². The molecule has 0 aliphatic heterocycles. The standard InChI is InChI=1S/C10H19N3O/c1-3-4-9(13-11)7(2)10(14)12-8-5-6-8/h7-9,11H,3-6H2,1-2H3,(H,12,14). The van der Waals surface area contributed by atoms with Gasteiger partial charge in [0.15, 0.2) is 0 Å². The zero-order chi connectivity index (χ0) is 10.6. The van der Waals surface area contributed by atoms with Crippen molar-refractivity contribution in [3.63, 3.8) is 0 Å². The van der Waals surface area contributed by atoms with Crippen molar-refractivity contribution in [1.82, 2.24) is 5.32 Å². The summed E-state index contributed by atoms with van der Waals surface area (Å²) in [6, 6.07) is 0.261. The molecule has 1 rings (SSSR count). The second kappa shape index (κ2) is 5.08. The first-order valence-corrected chi connectivity index (χ1v) is 5.36. The third kappa shape index (κ3) is 3.09. The van der Waals surface area contributed by atoms with Gasteiger partial charge in [-0.15, -0.1) is 0 Å². The van der Waals surface area contributed by atoms with E-state index in [-0.39, 0.29) is 17.9 Å². The lowest BCUT2D eigenvalue weighted by atomic mass is 9.97. The van der Waals surface area contributed by atoms with E-state index < -0.39 is 0 Å². The number of carbonyl (C=O) groups is 1. The van der Waals surface area contributed by atoms with Gasteiger partial charge in [-0.2, -0.15) is 5.11 Å². The molecule has 2 N–H and O–H groups in total. The molecule has 0 heterocycles. The molecule has 0 saturated heterocycles. The van der Waals surface area contributed by atoms with Gasteiger partial charge in [0.05, 0.1) is 12.0 Å². The Kier molecular flexibility index (Phi) is 4.04. The molecular weight excluding hydrogens is 178 g/mol. The molecule has 4 heteroatoms. The van der Waals surface area contributed by atoms with Crippen LogP contribution >= 0.6 is 0 Å². The molecule has 2 unspecified atom stereocenters. The Balaban J connectivity index is 2.38. The summed E-state index contributed by atoms with van der Waals surface area (Å²) in [5.74, 6) is -0.102. The fourth-order valence-corrected chi connectivity index (χ4v) is 1.46. The molecule has 1 amide bonds. The minimum Gasteiger partial charge on any atom is -0.353 e. The molecule has 0 aromatic heterocycles. The highest BCUT2D eigenvalue weighted by molar-refractivity contribution is 5.79. The van der Waals surface area contributed by atoms with E-state index in [2.05, 4.69) is 10.4 Å². The van der Waals surface area contributed by atoms with Gasteiger partial charge in [0, 0.05) is 6.04 Å². The lowest BCUT2D eigenvalue weighted by molar-refractivity contribution is -0.125. The van der Waals surface area contributed by atoms with Crippen LogP contribution in [0.4, 0.5) is 0 Å². The van der Waals surface area contributed by atoms with Gasteiger partial charge in [-0.05, 0) is 19.3 Å². The van der Waals surface area contributed by atoms with Crippen molar-refractivity contribution in [2.45, 2.75) is 51.6 Å². The molecule has 80 valence electrons. The molecule has 4 nitrogen and oxygen atoms in total. The van der Waals surface area contributed by atoms with Crippen LogP contribution < -0.4 is 5.32 Å². The molecule has 2 atom stereocenters. The maximum absolute atomic E-state index is 11.6. The molecule has 1 aliphatic carbocycles. The first kappa shape index (κ1) is 11.1. The fraction of sp³-hybridized carbons (Fsp3) is 0.900. The maximum atomic E-state index is 11.6. The molecular formula is C10H19N3O. The summed E-state index contributed by atoms with van der Waals surface area (Å²) >= 11 is 0. The average molecular weight is 197 g/mol. The molecule has 0 bridgehead atoms. The predicted molar refractivity (Wildman–Crippen MR) is 54.2 cm³/mol. The quantitative estimate of drug-likeness (QED) is 0.629. The summed E-state index contributed by atoms with van der Waals surface area (Å²) < 4.78 is 0. The lowest BCUT2D eigenvalue weighted by Crippen LogP contribution is -2.36. The van der Waals surface area contributed by atoms with Crippen molar-refractivity contribution >= 4 is 5.91 Å². The van der Waals surface area contributed by atoms with Crippen LogP contribution in [0.2, 0.25) is 0 Å². The van der Waals surface area contributed by atoms with Gasteiger partial charge in [0.1, 0.15) is 0 Å². The summed E-state index contributed by atoms with van der Waals surface area (Å²) in [6.07, 6.45) is 4.00. The number of hydrogen-bond donors (Lipinski definition) is 2. The van der Waals surface area contributed by atoms with Crippen LogP contribution in [0.25, 0.3) is 0 Å². The second-order valence-electron chi connectivity index (χ2n) is 4.06. The number of nitrogens with zero attached hydrogens (tertiary/aromatic N) is 1. The third-order valence-corrected chi connectivity index (χ3v) is 2.66. The van der Waals surface area contributed by atoms with E-state index in [0.29, 0.717) is 6.04 Å². The van der Waals surface area contributed by atoms with Crippen molar-refractivity contribution in [3.8, 4) is 0 Å². The van der Waals surface area contributed by atoms with E-state index in [1.807, 2.05) is 13.8 Å². The van der Waals surface area contributed by atoms with Gasteiger partial charge >= 0.3 is 0 Å². The summed E-state index contributed by atoms with van der Waals surface area (Å²) in [5.41, 5.74) is 7.03. The molecule has 1 aliphatic rings. The van der Waals surface area contributed by atoms with E-state index in [9.17, 15) is 4.79 Å². The van der Waals surface area contributed by atoms with Gasteiger partial charge in [0.25, 0.3) is 0 Å². The number of rotatable bonds is 6. The van der Waals surface area contributed by atoms with Gasteiger partial charge in [0.2, 0.25) is 5.91 Å². The summed E-state index contributed by atoms with van der Waals surface area (Å²) in [4.78, 5) is 11.6. The van der Waals surface area contributed by atoms with Crippen LogP contribution in [0, 0.1) is 11.4 Å². The number of carbonyl (C=O) groups excluding carboxylic acids is 1. The third-order valence-electron chi connectivity index (χ3n) is 2.66. The minimum atomic E-state index is -0.159. The zero-order valence-electron chi connectivity index (χ0n) is 8.92. The highest BCUT2D eigenvalue weighted by atomic mass is 16.2. The fourth-order valence-electron chi connectivity index (χ4n) is 1.46. The molecule has 0 aromatic rings. The van der Waals surface area contributed by atoms with Crippen molar-refractivity contribution in [1.29, 1.82) is 5.53 Å². The van der Waals surface area contributed by atoms with Crippen LogP contribution in [-0.2, 0) is 4.79 Å². The largest absolute Gasteiger partial charge is 0.353 e. The topological polar surface area (TPSA) is 65.3 Å². The van der Waals surface area contributed by atoms with Crippen LogP contribution in [0.5, 0.6) is 0 Å². The highest BCUT2D eigenvalue weighted by Crippen LogP contribution is 2.21. The van der Waals surface area contributed by atoms with Crippen molar-refractivity contribution in [2.75, 3.05) is 0 Å². The van der Waals surface area contributed by atoms with E-state index >= 15 is 0 Å². The van der Waals surface area contributed by atoms with Crippen molar-refractivity contribution in [2.24, 2.45) is 11.0 Å². The van der Waals surface area contributed by atoms with Crippen LogP contribution in [0.15, 0.2) is 5.11 Å². The number of hydrogen-bond acceptors (Lipinski definition) is 3. The van der Waals surface area contributed by atoms with E-state index in [0.717, 1.165) is 25.7 Å². The Morgan fingerprint density at radius 1 is 1.64 bits per heavy atom. The van der Waals surface area contributed by atoms with Crippen LogP contribution in [0.1, 0.15) is 39.5 Å². The summed E-state index contributed by atoms with van der Waals surface area (Å²) in [5, 5.41) is 6.46. The molecule has 1 fully saturated rings. The Bertz CT molecular complexity index is 213. The highest BCUT2D eigenvalue weighted by Gasteiger charge is 2.28. The van der Waals surface area contributed by atoms with Gasteiger partial charge in [-0.3, -0.25) is 4.79 Å². The minimum absolute atomic E-state index is 0.0574. The summed E-state index contributed by atoms with van der Waals surface area (Å²) in [6.45, 7) is 3.90. The second-order valence-corrected chi connectivity index (χ2v) is 4.06. The average Bonchev–Trinajstić information content (AvgIpc) is 2.96. The van der Waals surface area contributed by atoms with E-state index in [1.165, 1.54) is 0 Å².